The molecule has 130 valence electrons. The van der Waals surface area contributed by atoms with Crippen LogP contribution in [0.25, 0.3) is 0 Å². The van der Waals surface area contributed by atoms with E-state index in [-0.39, 0.29) is 11.8 Å². The number of rotatable bonds is 3. The van der Waals surface area contributed by atoms with Crippen molar-refractivity contribution >= 4 is 17.5 Å². The van der Waals surface area contributed by atoms with E-state index >= 15 is 0 Å². The number of hydrogen-bond donors (Lipinski definition) is 1. The largest absolute Gasteiger partial charge is 0.336 e. The minimum atomic E-state index is -0.392. The zero-order valence-electron chi connectivity index (χ0n) is 14.0. The van der Waals surface area contributed by atoms with Crippen molar-refractivity contribution in [3.63, 3.8) is 0 Å². The monoisotopic (exact) mass is 341 g/mol. The first-order chi connectivity index (χ1) is 12.0. The summed E-state index contributed by atoms with van der Waals surface area (Å²) in [5.41, 5.74) is 1.44. The van der Waals surface area contributed by atoms with E-state index in [1.807, 2.05) is 11.9 Å². The maximum absolute atomic E-state index is 12.9. The third kappa shape index (κ3) is 4.22. The Balaban J connectivity index is 1.69. The molecular weight excluding hydrogens is 321 g/mol. The Morgan fingerprint density at radius 3 is 2.32 bits per heavy atom. The highest BCUT2D eigenvalue weighted by atomic mass is 19.1. The van der Waals surface area contributed by atoms with Gasteiger partial charge in [0, 0.05) is 43.0 Å². The zero-order valence-corrected chi connectivity index (χ0v) is 14.0. The minimum absolute atomic E-state index is 0.0361. The van der Waals surface area contributed by atoms with Crippen molar-refractivity contribution in [3.05, 3.63) is 65.5 Å². The maximum Gasteiger partial charge on any atom is 0.255 e. The van der Waals surface area contributed by atoms with Crippen LogP contribution in [-0.2, 0) is 0 Å². The number of benzene rings is 2. The Labute approximate surface area is 146 Å². The normalized spacial score (nSPS) is 15.0. The molecule has 25 heavy (non-hydrogen) atoms. The predicted octanol–water partition coefficient (Wildman–Crippen LogP) is 2.47. The van der Waals surface area contributed by atoms with Crippen molar-refractivity contribution < 1.29 is 14.0 Å². The second-order valence-electron chi connectivity index (χ2n) is 6.14. The molecule has 0 aromatic heterocycles. The van der Waals surface area contributed by atoms with Crippen LogP contribution in [0.15, 0.2) is 48.5 Å². The SMILES string of the molecule is CN1CCN(C(=O)c2cccc(NC(=O)c3ccc(F)cc3)c2)CC1. The molecule has 1 aliphatic heterocycles. The topological polar surface area (TPSA) is 52.6 Å². The van der Waals surface area contributed by atoms with Gasteiger partial charge in [0.25, 0.3) is 11.8 Å². The van der Waals surface area contributed by atoms with Gasteiger partial charge in [-0.15, -0.1) is 0 Å². The van der Waals surface area contributed by atoms with Crippen LogP contribution in [0.4, 0.5) is 10.1 Å². The zero-order chi connectivity index (χ0) is 17.8. The molecule has 5 nitrogen and oxygen atoms in total. The van der Waals surface area contributed by atoms with E-state index in [0.29, 0.717) is 29.9 Å². The fourth-order valence-electron chi connectivity index (χ4n) is 2.73. The summed E-state index contributed by atoms with van der Waals surface area (Å²) in [7, 11) is 2.04. The van der Waals surface area contributed by atoms with Gasteiger partial charge in [-0.05, 0) is 49.5 Å². The number of carbonyl (C=O) groups excluding carboxylic acids is 2. The van der Waals surface area contributed by atoms with E-state index in [9.17, 15) is 14.0 Å². The highest BCUT2D eigenvalue weighted by molar-refractivity contribution is 6.05. The Bertz CT molecular complexity index is 768. The van der Waals surface area contributed by atoms with Crippen LogP contribution in [0, 0.1) is 5.82 Å². The number of hydrogen-bond acceptors (Lipinski definition) is 3. The predicted molar refractivity (Wildman–Crippen MR) is 94.2 cm³/mol. The molecule has 2 amide bonds. The summed E-state index contributed by atoms with van der Waals surface area (Å²) in [6, 6.07) is 12.2. The molecule has 1 heterocycles. The molecule has 0 saturated carbocycles. The van der Waals surface area contributed by atoms with Gasteiger partial charge in [0.2, 0.25) is 0 Å². The lowest BCUT2D eigenvalue weighted by molar-refractivity contribution is 0.0664. The molecule has 1 saturated heterocycles. The lowest BCUT2D eigenvalue weighted by atomic mass is 10.1. The highest BCUT2D eigenvalue weighted by Gasteiger charge is 2.20. The molecule has 2 aromatic carbocycles. The van der Waals surface area contributed by atoms with E-state index < -0.39 is 5.82 Å². The Kier molecular flexibility index (Phi) is 5.09. The fourth-order valence-corrected chi connectivity index (χ4v) is 2.73. The summed E-state index contributed by atoms with van der Waals surface area (Å²) in [4.78, 5) is 28.8. The molecule has 0 aliphatic carbocycles. The Morgan fingerprint density at radius 1 is 0.960 bits per heavy atom. The lowest BCUT2D eigenvalue weighted by Crippen LogP contribution is -2.47. The van der Waals surface area contributed by atoms with Crippen LogP contribution in [0.3, 0.4) is 0 Å². The van der Waals surface area contributed by atoms with Crippen molar-refractivity contribution in [2.24, 2.45) is 0 Å². The first-order valence-electron chi connectivity index (χ1n) is 8.18. The Hall–Kier alpha value is -2.73. The third-order valence-corrected chi connectivity index (χ3v) is 4.26. The van der Waals surface area contributed by atoms with E-state index in [2.05, 4.69) is 10.2 Å². The number of amides is 2. The van der Waals surface area contributed by atoms with E-state index in [1.54, 1.807) is 24.3 Å². The van der Waals surface area contributed by atoms with Gasteiger partial charge in [-0.3, -0.25) is 9.59 Å². The average molecular weight is 341 g/mol. The van der Waals surface area contributed by atoms with Crippen LogP contribution >= 0.6 is 0 Å². The number of anilines is 1. The quantitative estimate of drug-likeness (QED) is 0.933. The van der Waals surface area contributed by atoms with Crippen LogP contribution in [0.1, 0.15) is 20.7 Å². The minimum Gasteiger partial charge on any atom is -0.336 e. The maximum atomic E-state index is 12.9. The van der Waals surface area contributed by atoms with Gasteiger partial charge >= 0.3 is 0 Å². The fraction of sp³-hybridized carbons (Fsp3) is 0.263. The summed E-state index contributed by atoms with van der Waals surface area (Å²) in [6.07, 6.45) is 0. The number of piperazine rings is 1. The molecule has 1 fully saturated rings. The van der Waals surface area contributed by atoms with Crippen molar-refractivity contribution in [1.82, 2.24) is 9.80 Å². The second-order valence-corrected chi connectivity index (χ2v) is 6.14. The number of nitrogens with one attached hydrogen (secondary N) is 1. The molecule has 6 heteroatoms. The first-order valence-corrected chi connectivity index (χ1v) is 8.18. The van der Waals surface area contributed by atoms with Crippen LogP contribution in [0.2, 0.25) is 0 Å². The molecule has 0 unspecified atom stereocenters. The van der Waals surface area contributed by atoms with Gasteiger partial charge in [0.15, 0.2) is 0 Å². The van der Waals surface area contributed by atoms with Crippen LogP contribution in [-0.4, -0.2) is 54.8 Å². The summed E-state index contributed by atoms with van der Waals surface area (Å²) in [5.74, 6) is -0.772. The van der Waals surface area contributed by atoms with E-state index in [1.165, 1.54) is 24.3 Å². The summed E-state index contributed by atoms with van der Waals surface area (Å²) in [6.45, 7) is 3.10. The van der Waals surface area contributed by atoms with Crippen LogP contribution in [0.5, 0.6) is 0 Å². The molecule has 0 spiro atoms. The molecule has 0 atom stereocenters. The standard InChI is InChI=1S/C19H20FN3O2/c1-22-9-11-23(12-10-22)19(25)15-3-2-4-17(13-15)21-18(24)14-5-7-16(20)8-6-14/h2-8,13H,9-12H2,1H3,(H,21,24). The smallest absolute Gasteiger partial charge is 0.255 e. The molecule has 1 aliphatic rings. The summed E-state index contributed by atoms with van der Waals surface area (Å²) in [5, 5.41) is 2.74. The molecule has 3 rings (SSSR count). The Morgan fingerprint density at radius 2 is 1.64 bits per heavy atom. The number of halogens is 1. The number of nitrogens with zero attached hydrogens (tertiary/aromatic N) is 2. The van der Waals surface area contributed by atoms with Gasteiger partial charge in [0.1, 0.15) is 5.82 Å². The second kappa shape index (κ2) is 7.44. The van der Waals surface area contributed by atoms with E-state index in [4.69, 9.17) is 0 Å². The van der Waals surface area contributed by atoms with Gasteiger partial charge < -0.3 is 15.1 Å². The van der Waals surface area contributed by atoms with Gasteiger partial charge in [0.05, 0.1) is 0 Å². The molecule has 2 aromatic rings. The summed E-state index contributed by atoms with van der Waals surface area (Å²) < 4.78 is 12.9. The number of likely N-dealkylation sites (N-methyl/N-ethyl adjacent to an activating group) is 1. The summed E-state index contributed by atoms with van der Waals surface area (Å²) >= 11 is 0. The third-order valence-electron chi connectivity index (χ3n) is 4.26. The highest BCUT2D eigenvalue weighted by Crippen LogP contribution is 2.15. The van der Waals surface area contributed by atoms with Crippen molar-refractivity contribution in [3.8, 4) is 0 Å². The van der Waals surface area contributed by atoms with Gasteiger partial charge in [-0.25, -0.2) is 4.39 Å². The molecule has 0 bridgehead atoms. The van der Waals surface area contributed by atoms with Crippen molar-refractivity contribution in [2.75, 3.05) is 38.5 Å². The lowest BCUT2D eigenvalue weighted by Gasteiger charge is -2.32. The molecule has 0 radical (unpaired) electrons. The van der Waals surface area contributed by atoms with Crippen molar-refractivity contribution in [1.29, 1.82) is 0 Å². The average Bonchev–Trinajstić information content (AvgIpc) is 2.62. The molecule has 1 N–H and O–H groups in total. The molecular formula is C19H20FN3O2. The van der Waals surface area contributed by atoms with E-state index in [0.717, 1.165) is 13.1 Å². The number of carbonyl (C=O) groups is 2. The first kappa shape index (κ1) is 17.1. The van der Waals surface area contributed by atoms with Gasteiger partial charge in [-0.1, -0.05) is 6.07 Å². The van der Waals surface area contributed by atoms with Crippen molar-refractivity contribution in [2.45, 2.75) is 0 Å². The van der Waals surface area contributed by atoms with Gasteiger partial charge in [-0.2, -0.15) is 0 Å². The van der Waals surface area contributed by atoms with Crippen LogP contribution < -0.4 is 5.32 Å².